The summed E-state index contributed by atoms with van der Waals surface area (Å²) in [5.41, 5.74) is 0.171. The van der Waals surface area contributed by atoms with Gasteiger partial charge in [-0.1, -0.05) is 5.16 Å². The van der Waals surface area contributed by atoms with Crippen LogP contribution < -0.4 is 5.56 Å². The maximum Gasteiger partial charge on any atom is 0.264 e. The third kappa shape index (κ3) is 0.827. The van der Waals surface area contributed by atoms with E-state index >= 15 is 0 Å². The first-order valence-electron chi connectivity index (χ1n) is 3.51. The Balaban J connectivity index is 3.03. The fraction of sp³-hybridized carbons (Fsp3) is 0.286. The van der Waals surface area contributed by atoms with E-state index < -0.39 is 0 Å². The molecule has 0 aliphatic rings. The van der Waals surface area contributed by atoms with Gasteiger partial charge in [-0.2, -0.15) is 0 Å². The molecule has 0 amide bonds. The fourth-order valence-corrected chi connectivity index (χ4v) is 1.11. The molecule has 2 heterocycles. The molecule has 2 aromatic heterocycles. The number of H-pyrrole nitrogens is 1. The number of aryl methyl sites for hydroxylation is 2. The smallest absolute Gasteiger partial charge is 0.264 e. The van der Waals surface area contributed by atoms with Crippen LogP contribution in [-0.2, 0) is 0 Å². The van der Waals surface area contributed by atoms with E-state index in [9.17, 15) is 4.79 Å². The first kappa shape index (κ1) is 7.02. The van der Waals surface area contributed by atoms with Crippen LogP contribution in [0.4, 0.5) is 0 Å². The lowest BCUT2D eigenvalue weighted by Gasteiger charge is -1.89. The number of aromatic nitrogens is 3. The van der Waals surface area contributed by atoms with Gasteiger partial charge < -0.3 is 9.51 Å². The third-order valence-electron chi connectivity index (χ3n) is 1.64. The van der Waals surface area contributed by atoms with E-state index in [4.69, 9.17) is 4.52 Å². The molecule has 5 heteroatoms. The molecule has 0 bridgehead atoms. The second kappa shape index (κ2) is 2.17. The predicted octanol–water partition coefficient (Wildman–Crippen LogP) is 0.528. The molecule has 0 spiro atoms. The van der Waals surface area contributed by atoms with Gasteiger partial charge in [-0.05, 0) is 13.8 Å². The average Bonchev–Trinajstić information content (AvgIpc) is 2.31. The molecule has 0 fully saturated rings. The van der Waals surface area contributed by atoms with Crippen molar-refractivity contribution in [2.24, 2.45) is 0 Å². The van der Waals surface area contributed by atoms with Gasteiger partial charge in [-0.15, -0.1) is 0 Å². The topological polar surface area (TPSA) is 71.8 Å². The minimum atomic E-state index is -0.198. The van der Waals surface area contributed by atoms with Crippen LogP contribution in [0.2, 0.25) is 0 Å². The van der Waals surface area contributed by atoms with Gasteiger partial charge in [0.1, 0.15) is 17.0 Å². The van der Waals surface area contributed by atoms with Crippen molar-refractivity contribution in [1.29, 1.82) is 0 Å². The zero-order chi connectivity index (χ0) is 8.72. The highest BCUT2D eigenvalue weighted by molar-refractivity contribution is 5.74. The lowest BCUT2D eigenvalue weighted by atomic mass is 10.3. The van der Waals surface area contributed by atoms with Crippen molar-refractivity contribution in [1.82, 2.24) is 15.1 Å². The predicted molar refractivity (Wildman–Crippen MR) is 41.9 cm³/mol. The summed E-state index contributed by atoms with van der Waals surface area (Å²) < 4.78 is 4.82. The maximum atomic E-state index is 11.3. The normalized spacial score (nSPS) is 10.8. The quantitative estimate of drug-likeness (QED) is 0.618. The summed E-state index contributed by atoms with van der Waals surface area (Å²) in [6.07, 6.45) is 0. The summed E-state index contributed by atoms with van der Waals surface area (Å²) in [4.78, 5) is 17.9. The van der Waals surface area contributed by atoms with Gasteiger partial charge in [-0.25, -0.2) is 4.98 Å². The van der Waals surface area contributed by atoms with Crippen molar-refractivity contribution in [2.75, 3.05) is 0 Å². The molecule has 1 N–H and O–H groups in total. The van der Waals surface area contributed by atoms with Crippen LogP contribution in [0.25, 0.3) is 11.0 Å². The van der Waals surface area contributed by atoms with Gasteiger partial charge >= 0.3 is 0 Å². The number of nitrogens with one attached hydrogen (secondary N) is 1. The first-order chi connectivity index (χ1) is 5.68. The maximum absolute atomic E-state index is 11.3. The van der Waals surface area contributed by atoms with Crippen molar-refractivity contribution in [3.8, 4) is 0 Å². The Morgan fingerprint density at radius 3 is 2.92 bits per heavy atom. The van der Waals surface area contributed by atoms with Crippen molar-refractivity contribution in [2.45, 2.75) is 13.8 Å². The molecule has 0 aliphatic carbocycles. The van der Waals surface area contributed by atoms with Gasteiger partial charge in [0.2, 0.25) is 5.65 Å². The molecule has 62 valence electrons. The van der Waals surface area contributed by atoms with E-state index in [1.165, 1.54) is 0 Å². The molecule has 12 heavy (non-hydrogen) atoms. The second-order valence-electron chi connectivity index (χ2n) is 2.59. The monoisotopic (exact) mass is 165 g/mol. The summed E-state index contributed by atoms with van der Waals surface area (Å²) in [6, 6.07) is 0. The second-order valence-corrected chi connectivity index (χ2v) is 2.59. The summed E-state index contributed by atoms with van der Waals surface area (Å²) in [7, 11) is 0. The van der Waals surface area contributed by atoms with Crippen molar-refractivity contribution >= 4 is 11.0 Å². The highest BCUT2D eigenvalue weighted by atomic mass is 16.5. The van der Waals surface area contributed by atoms with Crippen LogP contribution in [-0.4, -0.2) is 15.1 Å². The van der Waals surface area contributed by atoms with Crippen molar-refractivity contribution in [3.63, 3.8) is 0 Å². The molecule has 0 saturated heterocycles. The average molecular weight is 165 g/mol. The lowest BCUT2D eigenvalue weighted by Crippen LogP contribution is -2.09. The van der Waals surface area contributed by atoms with Gasteiger partial charge in [0.25, 0.3) is 5.56 Å². The molecular weight excluding hydrogens is 158 g/mol. The van der Waals surface area contributed by atoms with Gasteiger partial charge in [0.15, 0.2) is 0 Å². The molecule has 0 aliphatic heterocycles. The number of nitrogens with zero attached hydrogens (tertiary/aromatic N) is 2. The number of hydrogen-bond donors (Lipinski definition) is 1. The summed E-state index contributed by atoms with van der Waals surface area (Å²) in [5.74, 6) is 1.04. The number of rotatable bonds is 0. The Morgan fingerprint density at radius 1 is 1.42 bits per heavy atom. The van der Waals surface area contributed by atoms with Crippen LogP contribution >= 0.6 is 0 Å². The number of hydrogen-bond acceptors (Lipinski definition) is 4. The highest BCUT2D eigenvalue weighted by Gasteiger charge is 2.09. The van der Waals surface area contributed by atoms with Gasteiger partial charge in [-0.3, -0.25) is 4.79 Å². The molecular formula is C7H7N3O2. The Morgan fingerprint density at radius 2 is 2.17 bits per heavy atom. The first-order valence-corrected chi connectivity index (χ1v) is 3.51. The molecule has 0 saturated carbocycles. The largest absolute Gasteiger partial charge is 0.359 e. The molecule has 0 aromatic carbocycles. The van der Waals surface area contributed by atoms with Crippen molar-refractivity contribution in [3.05, 3.63) is 21.9 Å². The third-order valence-corrected chi connectivity index (χ3v) is 1.64. The molecule has 5 nitrogen and oxygen atoms in total. The van der Waals surface area contributed by atoms with E-state index in [0.29, 0.717) is 22.6 Å². The minimum Gasteiger partial charge on any atom is -0.359 e. The zero-order valence-electron chi connectivity index (χ0n) is 6.71. The number of aromatic amines is 1. The summed E-state index contributed by atoms with van der Waals surface area (Å²) in [5, 5.41) is 4.06. The van der Waals surface area contributed by atoms with Crippen LogP contribution in [0.15, 0.2) is 9.32 Å². The van der Waals surface area contributed by atoms with Crippen LogP contribution in [0.1, 0.15) is 11.6 Å². The zero-order valence-corrected chi connectivity index (χ0v) is 6.71. The van der Waals surface area contributed by atoms with Crippen LogP contribution in [0, 0.1) is 13.8 Å². The standard InChI is InChI=1S/C7H7N3O2/c1-3-5-6(10-12-3)8-4(2)9-7(5)11/h1-2H3,(H,8,9,10,11). The SMILES string of the molecule is Cc1nc2noc(C)c2c(=O)[nH]1. The van der Waals surface area contributed by atoms with E-state index in [-0.39, 0.29) is 5.56 Å². The van der Waals surface area contributed by atoms with E-state index in [1.807, 2.05) is 0 Å². The summed E-state index contributed by atoms with van der Waals surface area (Å²) in [6.45, 7) is 3.38. The lowest BCUT2D eigenvalue weighted by molar-refractivity contribution is 0.404. The highest BCUT2D eigenvalue weighted by Crippen LogP contribution is 2.09. The van der Waals surface area contributed by atoms with Gasteiger partial charge in [0, 0.05) is 0 Å². The molecule has 2 aromatic rings. The van der Waals surface area contributed by atoms with Crippen LogP contribution in [0.3, 0.4) is 0 Å². The van der Waals surface area contributed by atoms with E-state index in [2.05, 4.69) is 15.1 Å². The Labute approximate surface area is 67.4 Å². The van der Waals surface area contributed by atoms with Gasteiger partial charge in [0.05, 0.1) is 0 Å². The van der Waals surface area contributed by atoms with E-state index in [1.54, 1.807) is 13.8 Å². The minimum absolute atomic E-state index is 0.198. The fourth-order valence-electron chi connectivity index (χ4n) is 1.11. The Bertz CT molecular complexity index is 483. The Kier molecular flexibility index (Phi) is 1.27. The summed E-state index contributed by atoms with van der Waals surface area (Å²) >= 11 is 0. The van der Waals surface area contributed by atoms with E-state index in [0.717, 1.165) is 0 Å². The molecule has 0 unspecified atom stereocenters. The van der Waals surface area contributed by atoms with Crippen LogP contribution in [0.5, 0.6) is 0 Å². The molecule has 0 radical (unpaired) electrons. The molecule has 2 rings (SSSR count). The Hall–Kier alpha value is -1.65. The van der Waals surface area contributed by atoms with Crippen molar-refractivity contribution < 1.29 is 4.52 Å². The number of fused-ring (bicyclic) bond motifs is 1. The molecule has 0 atom stereocenters.